The van der Waals surface area contributed by atoms with E-state index in [1.165, 1.54) is 5.56 Å². The van der Waals surface area contributed by atoms with E-state index < -0.39 is 30.1 Å². The summed E-state index contributed by atoms with van der Waals surface area (Å²) in [6, 6.07) is 14.9. The number of ether oxygens (including phenoxy) is 1. The Hall–Kier alpha value is -3.92. The van der Waals surface area contributed by atoms with Gasteiger partial charge in [-0.1, -0.05) is 68.4 Å². The van der Waals surface area contributed by atoms with Crippen LogP contribution in [-0.4, -0.2) is 55.5 Å². The third kappa shape index (κ3) is 9.60. The van der Waals surface area contributed by atoms with Crippen LogP contribution < -0.4 is 26.6 Å². The fraction of sp³-hybridized carbons (Fsp3) is 0.484. The number of amides is 4. The van der Waals surface area contributed by atoms with Gasteiger partial charge in [0.25, 0.3) is 0 Å². The molecule has 222 valence electrons. The molecule has 0 fully saturated rings. The van der Waals surface area contributed by atoms with Gasteiger partial charge in [0.1, 0.15) is 18.7 Å². The largest absolute Gasteiger partial charge is 0.445 e. The first-order chi connectivity index (χ1) is 19.7. The zero-order chi connectivity index (χ0) is 29.8. The number of carbonyl (C=O) groups excluding carboxylic acids is 4. The summed E-state index contributed by atoms with van der Waals surface area (Å²) in [5, 5.41) is 14.2. The fourth-order valence-corrected chi connectivity index (χ4v) is 4.74. The number of alkyl carbamates (subject to hydrolysis) is 1. The smallest absolute Gasteiger partial charge is 0.407 e. The van der Waals surface area contributed by atoms with Gasteiger partial charge in [0.15, 0.2) is 0 Å². The van der Waals surface area contributed by atoms with Crippen LogP contribution in [0.15, 0.2) is 54.6 Å². The molecule has 0 heterocycles. The van der Waals surface area contributed by atoms with Crippen molar-refractivity contribution in [2.24, 2.45) is 5.92 Å². The molecule has 1 aliphatic carbocycles. The molecule has 10 heteroatoms. The summed E-state index contributed by atoms with van der Waals surface area (Å²) in [7, 11) is 1.66. The van der Waals surface area contributed by atoms with Crippen LogP contribution in [0.25, 0.3) is 0 Å². The van der Waals surface area contributed by atoms with Crippen molar-refractivity contribution in [1.82, 2.24) is 26.6 Å². The Labute approximate surface area is 242 Å². The van der Waals surface area contributed by atoms with E-state index in [0.717, 1.165) is 30.4 Å². The minimum atomic E-state index is -0.939. The number of likely N-dealkylation sites (N-methyl/N-ethyl adjacent to an activating group) is 1. The number of hydrogen-bond donors (Lipinski definition) is 5. The zero-order valence-electron chi connectivity index (χ0n) is 24.4. The lowest BCUT2D eigenvalue weighted by Crippen LogP contribution is -2.57. The molecule has 0 saturated heterocycles. The van der Waals surface area contributed by atoms with Crippen LogP contribution in [0, 0.1) is 5.92 Å². The summed E-state index contributed by atoms with van der Waals surface area (Å²) in [5.41, 5.74) is 3.14. The molecule has 2 aromatic rings. The van der Waals surface area contributed by atoms with Gasteiger partial charge in [0, 0.05) is 6.54 Å². The molecule has 0 saturated carbocycles. The lowest BCUT2D eigenvalue weighted by Gasteiger charge is -2.30. The first kappa shape index (κ1) is 31.6. The maximum Gasteiger partial charge on any atom is 0.407 e. The molecule has 1 aliphatic rings. The third-order valence-corrected chi connectivity index (χ3v) is 7.31. The van der Waals surface area contributed by atoms with E-state index in [4.69, 9.17) is 4.74 Å². The van der Waals surface area contributed by atoms with Crippen molar-refractivity contribution in [3.8, 4) is 0 Å². The van der Waals surface area contributed by atoms with Crippen molar-refractivity contribution in [3.63, 3.8) is 0 Å². The number of nitrogens with one attached hydrogen (secondary N) is 5. The lowest BCUT2D eigenvalue weighted by molar-refractivity contribution is -0.133. The molecule has 3 rings (SSSR count). The minimum Gasteiger partial charge on any atom is -0.445 e. The van der Waals surface area contributed by atoms with E-state index in [-0.39, 0.29) is 43.3 Å². The Bertz CT molecular complexity index is 1170. The van der Waals surface area contributed by atoms with E-state index in [1.54, 1.807) is 14.0 Å². The van der Waals surface area contributed by atoms with E-state index >= 15 is 0 Å². The summed E-state index contributed by atoms with van der Waals surface area (Å²) < 4.78 is 5.27. The molecule has 10 nitrogen and oxygen atoms in total. The second kappa shape index (κ2) is 15.8. The molecular weight excluding hydrogens is 522 g/mol. The highest BCUT2D eigenvalue weighted by atomic mass is 16.5. The van der Waals surface area contributed by atoms with Gasteiger partial charge in [0.05, 0.1) is 12.1 Å². The van der Waals surface area contributed by atoms with Crippen LogP contribution in [0.4, 0.5) is 4.79 Å². The average molecular weight is 566 g/mol. The summed E-state index contributed by atoms with van der Waals surface area (Å²) in [5.74, 6) is -1.35. The summed E-state index contributed by atoms with van der Waals surface area (Å²) >= 11 is 0. The molecule has 4 unspecified atom stereocenters. The first-order valence-electron chi connectivity index (χ1n) is 14.3. The zero-order valence-corrected chi connectivity index (χ0v) is 24.4. The number of carbonyl (C=O) groups is 4. The van der Waals surface area contributed by atoms with Gasteiger partial charge in [0.2, 0.25) is 17.7 Å². The second-order valence-electron chi connectivity index (χ2n) is 10.7. The number of rotatable bonds is 13. The topological polar surface area (TPSA) is 138 Å². The highest BCUT2D eigenvalue weighted by Gasteiger charge is 2.31. The molecule has 2 aromatic carbocycles. The van der Waals surface area contributed by atoms with Crippen LogP contribution in [0.2, 0.25) is 0 Å². The predicted molar refractivity (Wildman–Crippen MR) is 157 cm³/mol. The molecule has 0 aliphatic heterocycles. The SMILES string of the molecule is CNC(C)C(=O)NC(C(=O)NC(CCNC(=O)OCc1ccccc1)C(=O)NC1CCCc2ccccc21)C(C)C. The monoisotopic (exact) mass is 565 g/mol. The van der Waals surface area contributed by atoms with Crippen molar-refractivity contribution in [3.05, 3.63) is 71.3 Å². The maximum atomic E-state index is 13.5. The highest BCUT2D eigenvalue weighted by molar-refractivity contribution is 5.93. The molecule has 0 radical (unpaired) electrons. The van der Waals surface area contributed by atoms with Crippen molar-refractivity contribution in [2.75, 3.05) is 13.6 Å². The summed E-state index contributed by atoms with van der Waals surface area (Å²) in [6.07, 6.45) is 2.21. The van der Waals surface area contributed by atoms with Gasteiger partial charge in [-0.3, -0.25) is 14.4 Å². The van der Waals surface area contributed by atoms with Gasteiger partial charge in [-0.15, -0.1) is 0 Å². The predicted octanol–water partition coefficient (Wildman–Crippen LogP) is 2.73. The van der Waals surface area contributed by atoms with Gasteiger partial charge in [-0.2, -0.15) is 0 Å². The molecule has 5 N–H and O–H groups in total. The van der Waals surface area contributed by atoms with Gasteiger partial charge in [-0.25, -0.2) is 4.79 Å². The number of aryl methyl sites for hydroxylation is 1. The van der Waals surface area contributed by atoms with Crippen LogP contribution in [0.1, 0.15) is 62.8 Å². The Morgan fingerprint density at radius 1 is 0.902 bits per heavy atom. The van der Waals surface area contributed by atoms with Crippen molar-refractivity contribution in [1.29, 1.82) is 0 Å². The van der Waals surface area contributed by atoms with E-state index in [0.29, 0.717) is 0 Å². The summed E-state index contributed by atoms with van der Waals surface area (Å²) in [4.78, 5) is 51.7. The van der Waals surface area contributed by atoms with Crippen molar-refractivity contribution < 1.29 is 23.9 Å². The van der Waals surface area contributed by atoms with Crippen LogP contribution in [0.3, 0.4) is 0 Å². The Morgan fingerprint density at radius 3 is 2.32 bits per heavy atom. The average Bonchev–Trinajstić information content (AvgIpc) is 2.98. The quantitative estimate of drug-likeness (QED) is 0.253. The normalized spacial score (nSPS) is 16.5. The maximum absolute atomic E-state index is 13.5. The van der Waals surface area contributed by atoms with Crippen molar-refractivity contribution >= 4 is 23.8 Å². The van der Waals surface area contributed by atoms with E-state index in [2.05, 4.69) is 32.7 Å². The number of fused-ring (bicyclic) bond motifs is 1. The highest BCUT2D eigenvalue weighted by Crippen LogP contribution is 2.29. The molecule has 0 spiro atoms. The molecule has 0 bridgehead atoms. The Balaban J connectivity index is 1.67. The standard InChI is InChI=1S/C31H43N5O5/c1-20(2)27(36-28(37)21(3)32-4)30(39)35-26(17-18-33-31(40)41-19-22-11-6-5-7-12-22)29(38)34-25-16-10-14-23-13-8-9-15-24(23)25/h5-9,11-13,15,20-21,25-27,32H,10,14,16-19H2,1-4H3,(H,33,40)(H,34,38)(H,35,39)(H,36,37). The fourth-order valence-electron chi connectivity index (χ4n) is 4.74. The molecule has 0 aromatic heterocycles. The Morgan fingerprint density at radius 2 is 1.61 bits per heavy atom. The molecule has 41 heavy (non-hydrogen) atoms. The first-order valence-corrected chi connectivity index (χ1v) is 14.3. The molecular formula is C31H43N5O5. The van der Waals surface area contributed by atoms with Crippen LogP contribution in [0.5, 0.6) is 0 Å². The Kier molecular flexibility index (Phi) is 12.1. The van der Waals surface area contributed by atoms with Gasteiger partial charge < -0.3 is 31.3 Å². The number of hydrogen-bond acceptors (Lipinski definition) is 6. The minimum absolute atomic E-state index is 0.0999. The van der Waals surface area contributed by atoms with Gasteiger partial charge in [-0.05, 0) is 62.3 Å². The van der Waals surface area contributed by atoms with Crippen molar-refractivity contribution in [2.45, 2.75) is 77.2 Å². The number of benzene rings is 2. The summed E-state index contributed by atoms with van der Waals surface area (Å²) in [6.45, 7) is 5.57. The second-order valence-corrected chi connectivity index (χ2v) is 10.7. The van der Waals surface area contributed by atoms with E-state index in [9.17, 15) is 19.2 Å². The third-order valence-electron chi connectivity index (χ3n) is 7.31. The van der Waals surface area contributed by atoms with Crippen LogP contribution in [-0.2, 0) is 32.1 Å². The lowest BCUT2D eigenvalue weighted by atomic mass is 9.87. The molecule has 4 amide bonds. The van der Waals surface area contributed by atoms with Gasteiger partial charge >= 0.3 is 6.09 Å². The molecule has 4 atom stereocenters. The van der Waals surface area contributed by atoms with Crippen LogP contribution >= 0.6 is 0 Å². The van der Waals surface area contributed by atoms with E-state index in [1.807, 2.05) is 62.4 Å².